The van der Waals surface area contributed by atoms with E-state index in [1.165, 1.54) is 5.56 Å². The normalized spacial score (nSPS) is 27.9. The standard InChI is InChI=1S/C17H25NO3/c1-14-2-4-16(5-3-14)21-13-17(19)8-9-18(12-17)15-6-10-20-11-7-15/h2-5,15,19H,6-13H2,1H3/t17-/m1/s1. The Labute approximate surface area is 126 Å². The number of nitrogens with zero attached hydrogens (tertiary/aromatic N) is 1. The van der Waals surface area contributed by atoms with E-state index in [2.05, 4.69) is 11.8 Å². The Morgan fingerprint density at radius 2 is 2.00 bits per heavy atom. The van der Waals surface area contributed by atoms with Gasteiger partial charge in [-0.1, -0.05) is 17.7 Å². The molecule has 0 amide bonds. The van der Waals surface area contributed by atoms with Gasteiger partial charge in [0.2, 0.25) is 0 Å². The van der Waals surface area contributed by atoms with Gasteiger partial charge in [-0.15, -0.1) is 0 Å². The van der Waals surface area contributed by atoms with Crippen molar-refractivity contribution in [2.75, 3.05) is 32.9 Å². The maximum Gasteiger partial charge on any atom is 0.119 e. The van der Waals surface area contributed by atoms with E-state index in [9.17, 15) is 5.11 Å². The smallest absolute Gasteiger partial charge is 0.119 e. The van der Waals surface area contributed by atoms with Gasteiger partial charge in [0.05, 0.1) is 0 Å². The molecule has 2 saturated heterocycles. The lowest BCUT2D eigenvalue weighted by Crippen LogP contribution is -2.43. The lowest BCUT2D eigenvalue weighted by molar-refractivity contribution is -0.00996. The summed E-state index contributed by atoms with van der Waals surface area (Å²) in [5.74, 6) is 0.832. The number of rotatable bonds is 4. The van der Waals surface area contributed by atoms with Gasteiger partial charge in [-0.25, -0.2) is 0 Å². The molecule has 1 N–H and O–H groups in total. The van der Waals surface area contributed by atoms with Crippen LogP contribution in [0.25, 0.3) is 0 Å². The number of ether oxygens (including phenoxy) is 2. The summed E-state index contributed by atoms with van der Waals surface area (Å²) in [4.78, 5) is 2.40. The van der Waals surface area contributed by atoms with Gasteiger partial charge in [0.15, 0.2) is 0 Å². The van der Waals surface area contributed by atoms with E-state index >= 15 is 0 Å². The first-order chi connectivity index (χ1) is 10.1. The SMILES string of the molecule is Cc1ccc(OC[C@@]2(O)CCN(C3CCOCC3)C2)cc1. The monoisotopic (exact) mass is 291 g/mol. The van der Waals surface area contributed by atoms with Crippen molar-refractivity contribution in [3.63, 3.8) is 0 Å². The Morgan fingerprint density at radius 3 is 2.71 bits per heavy atom. The molecule has 0 spiro atoms. The molecule has 1 atom stereocenters. The largest absolute Gasteiger partial charge is 0.491 e. The first-order valence-corrected chi connectivity index (χ1v) is 7.88. The van der Waals surface area contributed by atoms with Crippen LogP contribution in [0.2, 0.25) is 0 Å². The molecule has 0 saturated carbocycles. The summed E-state index contributed by atoms with van der Waals surface area (Å²) in [6, 6.07) is 8.55. The molecule has 4 heteroatoms. The van der Waals surface area contributed by atoms with Gasteiger partial charge in [0.1, 0.15) is 18.0 Å². The molecule has 1 aromatic carbocycles. The number of benzene rings is 1. The summed E-state index contributed by atoms with van der Waals surface area (Å²) in [5.41, 5.74) is 0.496. The van der Waals surface area contributed by atoms with Crippen LogP contribution in [0, 0.1) is 6.92 Å². The highest BCUT2D eigenvalue weighted by Crippen LogP contribution is 2.27. The second-order valence-electron chi connectivity index (χ2n) is 6.39. The summed E-state index contributed by atoms with van der Waals surface area (Å²) in [6.07, 6.45) is 2.94. The zero-order valence-corrected chi connectivity index (χ0v) is 12.8. The Hall–Kier alpha value is -1.10. The predicted molar refractivity (Wildman–Crippen MR) is 81.7 cm³/mol. The minimum Gasteiger partial charge on any atom is -0.491 e. The van der Waals surface area contributed by atoms with E-state index in [0.29, 0.717) is 19.2 Å². The van der Waals surface area contributed by atoms with Gasteiger partial charge in [-0.05, 0) is 38.3 Å². The first-order valence-electron chi connectivity index (χ1n) is 7.88. The molecule has 116 valence electrons. The first kappa shape index (κ1) is 14.8. The van der Waals surface area contributed by atoms with Crippen LogP contribution in [-0.4, -0.2) is 54.6 Å². The van der Waals surface area contributed by atoms with Crippen molar-refractivity contribution >= 4 is 0 Å². The summed E-state index contributed by atoms with van der Waals surface area (Å²) >= 11 is 0. The second kappa shape index (κ2) is 6.34. The molecule has 2 aliphatic heterocycles. The molecular weight excluding hydrogens is 266 g/mol. The number of aliphatic hydroxyl groups is 1. The van der Waals surface area contributed by atoms with Gasteiger partial charge in [0, 0.05) is 32.3 Å². The minimum absolute atomic E-state index is 0.371. The molecule has 0 bridgehead atoms. The molecular formula is C17H25NO3. The highest BCUT2D eigenvalue weighted by molar-refractivity contribution is 5.26. The maximum absolute atomic E-state index is 10.7. The molecule has 0 radical (unpaired) electrons. The van der Waals surface area contributed by atoms with E-state index in [0.717, 1.165) is 44.8 Å². The Morgan fingerprint density at radius 1 is 1.29 bits per heavy atom. The molecule has 2 heterocycles. The number of likely N-dealkylation sites (tertiary alicyclic amines) is 1. The van der Waals surface area contributed by atoms with E-state index in [1.807, 2.05) is 24.3 Å². The molecule has 0 aliphatic carbocycles. The zero-order valence-electron chi connectivity index (χ0n) is 12.8. The van der Waals surface area contributed by atoms with Crippen LogP contribution in [0.15, 0.2) is 24.3 Å². The minimum atomic E-state index is -0.719. The number of β-amino-alcohol motifs (C(OH)–C–C–N with tert-alkyl or cyclic N) is 1. The fraction of sp³-hybridized carbons (Fsp3) is 0.647. The van der Waals surface area contributed by atoms with Crippen molar-refractivity contribution < 1.29 is 14.6 Å². The van der Waals surface area contributed by atoms with Gasteiger partial charge in [-0.3, -0.25) is 4.90 Å². The number of hydrogen-bond donors (Lipinski definition) is 1. The van der Waals surface area contributed by atoms with Crippen LogP contribution in [0.4, 0.5) is 0 Å². The molecule has 21 heavy (non-hydrogen) atoms. The van der Waals surface area contributed by atoms with E-state index < -0.39 is 5.60 Å². The van der Waals surface area contributed by atoms with Crippen LogP contribution < -0.4 is 4.74 Å². The molecule has 1 aromatic rings. The third-order valence-electron chi connectivity index (χ3n) is 4.60. The Kier molecular flexibility index (Phi) is 4.48. The van der Waals surface area contributed by atoms with Crippen LogP contribution in [0.1, 0.15) is 24.8 Å². The average Bonchev–Trinajstić information content (AvgIpc) is 2.91. The topological polar surface area (TPSA) is 41.9 Å². The number of aryl methyl sites for hydroxylation is 1. The van der Waals surface area contributed by atoms with E-state index in [-0.39, 0.29) is 0 Å². The molecule has 0 aromatic heterocycles. The van der Waals surface area contributed by atoms with Gasteiger partial charge < -0.3 is 14.6 Å². The van der Waals surface area contributed by atoms with Crippen LogP contribution in [0.5, 0.6) is 5.75 Å². The highest BCUT2D eigenvalue weighted by atomic mass is 16.5. The van der Waals surface area contributed by atoms with Crippen molar-refractivity contribution in [3.8, 4) is 5.75 Å². The lowest BCUT2D eigenvalue weighted by Gasteiger charge is -2.32. The zero-order chi connectivity index (χ0) is 14.7. The van der Waals surface area contributed by atoms with Crippen molar-refractivity contribution in [3.05, 3.63) is 29.8 Å². The maximum atomic E-state index is 10.7. The van der Waals surface area contributed by atoms with Gasteiger partial charge in [-0.2, -0.15) is 0 Å². The molecule has 0 unspecified atom stereocenters. The number of hydrogen-bond acceptors (Lipinski definition) is 4. The molecule has 2 aliphatic rings. The third-order valence-corrected chi connectivity index (χ3v) is 4.60. The fourth-order valence-corrected chi connectivity index (χ4v) is 3.22. The van der Waals surface area contributed by atoms with E-state index in [4.69, 9.17) is 9.47 Å². The lowest BCUT2D eigenvalue weighted by atomic mass is 10.0. The summed E-state index contributed by atoms with van der Waals surface area (Å²) < 4.78 is 11.2. The van der Waals surface area contributed by atoms with Crippen LogP contribution in [0.3, 0.4) is 0 Å². The summed E-state index contributed by atoms with van der Waals surface area (Å²) in [5, 5.41) is 10.7. The highest BCUT2D eigenvalue weighted by Gasteiger charge is 2.39. The molecule has 3 rings (SSSR count). The van der Waals surface area contributed by atoms with E-state index in [1.54, 1.807) is 0 Å². The molecule has 2 fully saturated rings. The van der Waals surface area contributed by atoms with Crippen molar-refractivity contribution in [2.24, 2.45) is 0 Å². The second-order valence-corrected chi connectivity index (χ2v) is 6.39. The fourth-order valence-electron chi connectivity index (χ4n) is 3.22. The van der Waals surface area contributed by atoms with Gasteiger partial charge >= 0.3 is 0 Å². The van der Waals surface area contributed by atoms with Crippen molar-refractivity contribution in [2.45, 2.75) is 37.8 Å². The van der Waals surface area contributed by atoms with Crippen molar-refractivity contribution in [1.82, 2.24) is 4.90 Å². The third kappa shape index (κ3) is 3.76. The quantitative estimate of drug-likeness (QED) is 0.921. The van der Waals surface area contributed by atoms with Gasteiger partial charge in [0.25, 0.3) is 0 Å². The molecule has 4 nitrogen and oxygen atoms in total. The van der Waals surface area contributed by atoms with Crippen LogP contribution in [-0.2, 0) is 4.74 Å². The summed E-state index contributed by atoms with van der Waals surface area (Å²) in [6.45, 7) is 5.79. The predicted octanol–water partition coefficient (Wildman–Crippen LogP) is 1.99. The summed E-state index contributed by atoms with van der Waals surface area (Å²) in [7, 11) is 0. The Balaban J connectivity index is 1.52. The van der Waals surface area contributed by atoms with Crippen molar-refractivity contribution in [1.29, 1.82) is 0 Å². The Bertz CT molecular complexity index is 456. The van der Waals surface area contributed by atoms with Crippen LogP contribution >= 0.6 is 0 Å². The average molecular weight is 291 g/mol.